The maximum absolute atomic E-state index is 5.39. The lowest BCUT2D eigenvalue weighted by Gasteiger charge is -2.28. The molecule has 0 saturated heterocycles. The highest BCUT2D eigenvalue weighted by atomic mass is 15.3. The van der Waals surface area contributed by atoms with Gasteiger partial charge in [0.05, 0.1) is 0 Å². The van der Waals surface area contributed by atoms with E-state index in [1.54, 1.807) is 6.20 Å². The van der Waals surface area contributed by atoms with Crippen LogP contribution in [0.5, 0.6) is 0 Å². The molecule has 0 fully saturated rings. The van der Waals surface area contributed by atoms with Crippen LogP contribution in [0.1, 0.15) is 27.7 Å². The van der Waals surface area contributed by atoms with Gasteiger partial charge in [-0.05, 0) is 17.9 Å². The van der Waals surface area contributed by atoms with Crippen LogP contribution in [-0.2, 0) is 0 Å². The average molecular weight is 236 g/mol. The number of nitrogen functional groups attached to an aromatic ring is 1. The molecule has 1 rings (SSSR count). The van der Waals surface area contributed by atoms with Crippen molar-refractivity contribution >= 4 is 11.5 Å². The molecule has 1 heterocycles. The molecule has 1 aromatic heterocycles. The Bertz CT molecular complexity index is 326. The molecule has 1 aromatic rings. The van der Waals surface area contributed by atoms with Gasteiger partial charge in [0, 0.05) is 31.0 Å². The first-order valence-electron chi connectivity index (χ1n) is 6.20. The van der Waals surface area contributed by atoms with Gasteiger partial charge >= 0.3 is 0 Å². The molecular formula is C13H24N4. The van der Waals surface area contributed by atoms with Crippen molar-refractivity contribution in [2.75, 3.05) is 23.4 Å². The number of nitrogens with zero attached hydrogens (tertiary/aromatic N) is 2. The molecule has 0 bridgehead atoms. The third kappa shape index (κ3) is 4.61. The van der Waals surface area contributed by atoms with Crippen LogP contribution in [0.4, 0.5) is 11.5 Å². The minimum absolute atomic E-state index is 0.635. The highest BCUT2D eigenvalue weighted by molar-refractivity contribution is 5.53. The summed E-state index contributed by atoms with van der Waals surface area (Å²) in [7, 11) is 0. The van der Waals surface area contributed by atoms with Gasteiger partial charge in [-0.1, -0.05) is 27.7 Å². The van der Waals surface area contributed by atoms with Crippen LogP contribution in [0.15, 0.2) is 18.3 Å². The van der Waals surface area contributed by atoms with E-state index < -0.39 is 0 Å². The summed E-state index contributed by atoms with van der Waals surface area (Å²) >= 11 is 0. The molecule has 0 spiro atoms. The molecule has 3 N–H and O–H groups in total. The molecule has 0 amide bonds. The fourth-order valence-electron chi connectivity index (χ4n) is 1.86. The zero-order valence-electron chi connectivity index (χ0n) is 11.3. The molecule has 17 heavy (non-hydrogen) atoms. The molecule has 96 valence electrons. The Morgan fingerprint density at radius 3 is 2.29 bits per heavy atom. The highest BCUT2D eigenvalue weighted by Gasteiger charge is 2.11. The molecule has 0 radical (unpaired) electrons. The fraction of sp³-hybridized carbons (Fsp3) is 0.615. The molecule has 0 aliphatic rings. The predicted molar refractivity (Wildman–Crippen MR) is 73.9 cm³/mol. The fourth-order valence-corrected chi connectivity index (χ4v) is 1.86. The Balaban J connectivity index is 2.86. The number of nitrogens with two attached hydrogens (primary N) is 1. The second-order valence-corrected chi connectivity index (χ2v) is 5.24. The van der Waals surface area contributed by atoms with Crippen LogP contribution in [-0.4, -0.2) is 18.1 Å². The summed E-state index contributed by atoms with van der Waals surface area (Å²) in [5, 5.41) is 0. The number of hydrogen-bond acceptors (Lipinski definition) is 4. The molecule has 0 unspecified atom stereocenters. The Kier molecular flexibility index (Phi) is 5.22. The van der Waals surface area contributed by atoms with Crippen molar-refractivity contribution in [1.29, 1.82) is 0 Å². The van der Waals surface area contributed by atoms with E-state index in [2.05, 4.69) is 43.0 Å². The van der Waals surface area contributed by atoms with Crippen molar-refractivity contribution in [3.8, 4) is 0 Å². The Labute approximate surface area is 104 Å². The van der Waals surface area contributed by atoms with Crippen LogP contribution in [0.3, 0.4) is 0 Å². The normalized spacial score (nSPS) is 11.0. The Hall–Kier alpha value is -1.29. The van der Waals surface area contributed by atoms with Crippen molar-refractivity contribution in [3.63, 3.8) is 0 Å². The van der Waals surface area contributed by atoms with Crippen molar-refractivity contribution in [2.24, 2.45) is 17.7 Å². The lowest BCUT2D eigenvalue weighted by atomic mass is 10.1. The molecule has 0 atom stereocenters. The van der Waals surface area contributed by atoms with Gasteiger partial charge in [0.2, 0.25) is 0 Å². The van der Waals surface area contributed by atoms with Crippen molar-refractivity contribution < 1.29 is 0 Å². The average Bonchev–Trinajstić information content (AvgIpc) is 2.27. The highest BCUT2D eigenvalue weighted by Crippen LogP contribution is 2.19. The van der Waals surface area contributed by atoms with Gasteiger partial charge in [-0.15, -0.1) is 0 Å². The van der Waals surface area contributed by atoms with E-state index >= 15 is 0 Å². The van der Waals surface area contributed by atoms with Crippen LogP contribution < -0.4 is 16.2 Å². The van der Waals surface area contributed by atoms with E-state index in [4.69, 9.17) is 5.84 Å². The lowest BCUT2D eigenvalue weighted by Crippen LogP contribution is -2.31. The predicted octanol–water partition coefficient (Wildman–Crippen LogP) is 2.49. The van der Waals surface area contributed by atoms with E-state index in [9.17, 15) is 0 Å². The van der Waals surface area contributed by atoms with Gasteiger partial charge in [-0.2, -0.15) is 0 Å². The summed E-state index contributed by atoms with van der Waals surface area (Å²) in [5.41, 5.74) is 3.77. The monoisotopic (exact) mass is 236 g/mol. The number of hydrazine groups is 1. The molecular weight excluding hydrogens is 212 g/mol. The Morgan fingerprint density at radius 2 is 1.82 bits per heavy atom. The zero-order chi connectivity index (χ0) is 12.8. The standard InChI is InChI=1S/C13H24N4/c1-10(2)8-17(9-11(3)4)12-5-6-15-13(7-12)16-14/h5-7,10-11H,8-9,14H2,1-4H3,(H,15,16). The van der Waals surface area contributed by atoms with Gasteiger partial charge < -0.3 is 10.3 Å². The second kappa shape index (κ2) is 6.45. The van der Waals surface area contributed by atoms with Gasteiger partial charge in [-0.3, -0.25) is 0 Å². The summed E-state index contributed by atoms with van der Waals surface area (Å²) in [5.74, 6) is 7.37. The largest absolute Gasteiger partial charge is 0.371 e. The van der Waals surface area contributed by atoms with E-state index in [0.717, 1.165) is 13.1 Å². The molecule has 0 aromatic carbocycles. The van der Waals surface area contributed by atoms with Gasteiger partial charge in [0.25, 0.3) is 0 Å². The summed E-state index contributed by atoms with van der Waals surface area (Å²) in [6.45, 7) is 11.0. The van der Waals surface area contributed by atoms with Gasteiger partial charge in [0.1, 0.15) is 5.82 Å². The minimum atomic E-state index is 0.635. The third-order valence-electron chi connectivity index (χ3n) is 2.43. The van der Waals surface area contributed by atoms with Crippen LogP contribution in [0, 0.1) is 11.8 Å². The van der Waals surface area contributed by atoms with Crippen molar-refractivity contribution in [3.05, 3.63) is 18.3 Å². The molecule has 0 saturated carbocycles. The van der Waals surface area contributed by atoms with E-state index in [1.165, 1.54) is 5.69 Å². The summed E-state index contributed by atoms with van der Waals surface area (Å²) < 4.78 is 0. The quantitative estimate of drug-likeness (QED) is 0.588. The number of nitrogens with one attached hydrogen (secondary N) is 1. The van der Waals surface area contributed by atoms with Gasteiger partial charge in [0.15, 0.2) is 0 Å². The van der Waals surface area contributed by atoms with Crippen molar-refractivity contribution in [1.82, 2.24) is 4.98 Å². The van der Waals surface area contributed by atoms with Crippen LogP contribution in [0.25, 0.3) is 0 Å². The molecule has 0 aliphatic heterocycles. The van der Waals surface area contributed by atoms with Crippen LogP contribution >= 0.6 is 0 Å². The van der Waals surface area contributed by atoms with Crippen molar-refractivity contribution in [2.45, 2.75) is 27.7 Å². The number of anilines is 2. The number of rotatable bonds is 6. The maximum Gasteiger partial charge on any atom is 0.141 e. The number of aromatic nitrogens is 1. The lowest BCUT2D eigenvalue weighted by molar-refractivity contribution is 0.552. The maximum atomic E-state index is 5.39. The van der Waals surface area contributed by atoms with Crippen LogP contribution in [0.2, 0.25) is 0 Å². The molecule has 4 nitrogen and oxygen atoms in total. The molecule has 4 heteroatoms. The van der Waals surface area contributed by atoms with E-state index in [0.29, 0.717) is 17.7 Å². The summed E-state index contributed by atoms with van der Waals surface area (Å²) in [4.78, 5) is 6.52. The Morgan fingerprint density at radius 1 is 1.24 bits per heavy atom. The minimum Gasteiger partial charge on any atom is -0.371 e. The SMILES string of the molecule is CC(C)CN(CC(C)C)c1ccnc(NN)c1. The summed E-state index contributed by atoms with van der Waals surface area (Å²) in [6, 6.07) is 4.02. The first-order valence-corrected chi connectivity index (χ1v) is 6.20. The van der Waals surface area contributed by atoms with E-state index in [1.807, 2.05) is 12.1 Å². The second-order valence-electron chi connectivity index (χ2n) is 5.24. The first kappa shape index (κ1) is 13.8. The summed E-state index contributed by atoms with van der Waals surface area (Å²) in [6.07, 6.45) is 1.79. The number of hydrogen-bond donors (Lipinski definition) is 2. The zero-order valence-corrected chi connectivity index (χ0v) is 11.3. The van der Waals surface area contributed by atoms with E-state index in [-0.39, 0.29) is 0 Å². The smallest absolute Gasteiger partial charge is 0.141 e. The third-order valence-corrected chi connectivity index (χ3v) is 2.43. The molecule has 0 aliphatic carbocycles. The topological polar surface area (TPSA) is 54.2 Å². The number of pyridine rings is 1. The van der Waals surface area contributed by atoms with Gasteiger partial charge in [-0.25, -0.2) is 10.8 Å². The first-order chi connectivity index (χ1) is 8.02.